The average molecular weight is 272 g/mol. The Balaban J connectivity index is 2.33. The number of aromatic amines is 1. The third-order valence-electron chi connectivity index (χ3n) is 2.77. The van der Waals surface area contributed by atoms with Crippen molar-refractivity contribution in [1.82, 2.24) is 9.97 Å². The second-order valence-electron chi connectivity index (χ2n) is 5.93. The van der Waals surface area contributed by atoms with E-state index >= 15 is 0 Å². The van der Waals surface area contributed by atoms with E-state index in [0.29, 0.717) is 11.5 Å². The van der Waals surface area contributed by atoms with Crippen molar-refractivity contribution in [2.75, 3.05) is 0 Å². The summed E-state index contributed by atoms with van der Waals surface area (Å²) < 4.78 is 5.36. The molecular formula is C16H20N2O2. The Morgan fingerprint density at radius 1 is 1.25 bits per heavy atom. The highest BCUT2D eigenvalue weighted by Crippen LogP contribution is 2.20. The Hall–Kier alpha value is -2.10. The molecule has 2 aromatic rings. The number of imidazole rings is 1. The number of rotatable bonds is 2. The van der Waals surface area contributed by atoms with Crippen LogP contribution in [0.5, 0.6) is 0 Å². The fourth-order valence-electron chi connectivity index (χ4n) is 1.91. The Labute approximate surface area is 119 Å². The third-order valence-corrected chi connectivity index (χ3v) is 2.77. The van der Waals surface area contributed by atoms with Gasteiger partial charge in [-0.05, 0) is 40.7 Å². The van der Waals surface area contributed by atoms with Crippen molar-refractivity contribution >= 4 is 5.97 Å². The van der Waals surface area contributed by atoms with Gasteiger partial charge in [0.15, 0.2) is 5.69 Å². The number of nitrogens with zero attached hydrogens (tertiary/aromatic N) is 1. The second kappa shape index (κ2) is 5.12. The van der Waals surface area contributed by atoms with Gasteiger partial charge in [-0.15, -0.1) is 0 Å². The summed E-state index contributed by atoms with van der Waals surface area (Å²) in [7, 11) is 0. The molecular weight excluding hydrogens is 252 g/mol. The molecule has 0 aliphatic rings. The SMILES string of the molecule is Cc1cccc(-c2nc(C(=O)OC(C)(C)C)c(C)[nH]2)c1. The average Bonchev–Trinajstić information content (AvgIpc) is 2.69. The van der Waals surface area contributed by atoms with Gasteiger partial charge < -0.3 is 9.72 Å². The molecule has 0 saturated carbocycles. The molecule has 1 N–H and O–H groups in total. The zero-order chi connectivity index (χ0) is 14.9. The molecule has 0 atom stereocenters. The van der Waals surface area contributed by atoms with Crippen LogP contribution >= 0.6 is 0 Å². The molecule has 0 aliphatic carbocycles. The van der Waals surface area contributed by atoms with Gasteiger partial charge in [0.2, 0.25) is 0 Å². The highest BCUT2D eigenvalue weighted by molar-refractivity contribution is 5.89. The summed E-state index contributed by atoms with van der Waals surface area (Å²) in [4.78, 5) is 19.6. The number of H-pyrrole nitrogens is 1. The summed E-state index contributed by atoms with van der Waals surface area (Å²) in [6.45, 7) is 9.37. The quantitative estimate of drug-likeness (QED) is 0.849. The molecule has 0 bridgehead atoms. The van der Waals surface area contributed by atoms with Crippen LogP contribution in [0.4, 0.5) is 0 Å². The lowest BCUT2D eigenvalue weighted by Crippen LogP contribution is -2.24. The van der Waals surface area contributed by atoms with Gasteiger partial charge in [-0.1, -0.05) is 23.8 Å². The standard InChI is InChI=1S/C16H20N2O2/c1-10-7-6-8-12(9-10)14-17-11(2)13(18-14)15(19)20-16(3,4)5/h6-9H,1-5H3,(H,17,18). The van der Waals surface area contributed by atoms with Crippen molar-refractivity contribution in [3.63, 3.8) is 0 Å². The number of hydrogen-bond donors (Lipinski definition) is 1. The topological polar surface area (TPSA) is 55.0 Å². The normalized spacial score (nSPS) is 11.4. The van der Waals surface area contributed by atoms with Crippen LogP contribution in [-0.4, -0.2) is 21.5 Å². The van der Waals surface area contributed by atoms with E-state index in [9.17, 15) is 4.79 Å². The van der Waals surface area contributed by atoms with E-state index in [4.69, 9.17) is 4.74 Å². The molecule has 1 aromatic heterocycles. The molecule has 106 valence electrons. The van der Waals surface area contributed by atoms with Gasteiger partial charge in [0.1, 0.15) is 11.4 Å². The van der Waals surface area contributed by atoms with Crippen LogP contribution in [0, 0.1) is 13.8 Å². The van der Waals surface area contributed by atoms with E-state index < -0.39 is 11.6 Å². The van der Waals surface area contributed by atoms with Crippen LogP contribution in [0.1, 0.15) is 42.5 Å². The predicted molar refractivity (Wildman–Crippen MR) is 78.7 cm³/mol. The Morgan fingerprint density at radius 3 is 2.55 bits per heavy atom. The minimum absolute atomic E-state index is 0.344. The minimum Gasteiger partial charge on any atom is -0.455 e. The number of esters is 1. The molecule has 0 aliphatic heterocycles. The first-order valence-electron chi connectivity index (χ1n) is 6.63. The zero-order valence-electron chi connectivity index (χ0n) is 12.6. The maximum absolute atomic E-state index is 12.1. The molecule has 0 radical (unpaired) electrons. The van der Waals surface area contributed by atoms with Crippen molar-refractivity contribution < 1.29 is 9.53 Å². The Morgan fingerprint density at radius 2 is 1.95 bits per heavy atom. The van der Waals surface area contributed by atoms with Crippen LogP contribution in [0.3, 0.4) is 0 Å². The van der Waals surface area contributed by atoms with Crippen molar-refractivity contribution in [1.29, 1.82) is 0 Å². The largest absolute Gasteiger partial charge is 0.455 e. The summed E-state index contributed by atoms with van der Waals surface area (Å²) in [5.74, 6) is 0.289. The first kappa shape index (κ1) is 14.3. The molecule has 0 spiro atoms. The van der Waals surface area contributed by atoms with E-state index in [1.807, 2.05) is 58.9 Å². The summed E-state index contributed by atoms with van der Waals surface area (Å²) in [5, 5.41) is 0. The van der Waals surface area contributed by atoms with Gasteiger partial charge in [0.05, 0.1) is 0 Å². The fourth-order valence-corrected chi connectivity index (χ4v) is 1.91. The van der Waals surface area contributed by atoms with Crippen LogP contribution in [0.25, 0.3) is 11.4 Å². The number of aryl methyl sites for hydroxylation is 2. The van der Waals surface area contributed by atoms with Gasteiger partial charge in [-0.25, -0.2) is 9.78 Å². The summed E-state index contributed by atoms with van der Waals surface area (Å²) in [6.07, 6.45) is 0. The molecule has 4 nitrogen and oxygen atoms in total. The Bertz CT molecular complexity index is 636. The van der Waals surface area contributed by atoms with Crippen LogP contribution in [0.2, 0.25) is 0 Å². The number of hydrogen-bond acceptors (Lipinski definition) is 3. The summed E-state index contributed by atoms with van der Waals surface area (Å²) >= 11 is 0. The number of carbonyl (C=O) groups is 1. The molecule has 0 unspecified atom stereocenters. The van der Waals surface area contributed by atoms with Gasteiger partial charge >= 0.3 is 5.97 Å². The van der Waals surface area contributed by atoms with E-state index in [-0.39, 0.29) is 0 Å². The van der Waals surface area contributed by atoms with E-state index in [1.54, 1.807) is 0 Å². The third kappa shape index (κ3) is 3.26. The maximum atomic E-state index is 12.1. The fraction of sp³-hybridized carbons (Fsp3) is 0.375. The molecule has 2 rings (SSSR count). The molecule has 0 saturated heterocycles. The van der Waals surface area contributed by atoms with Crippen molar-refractivity contribution in [2.24, 2.45) is 0 Å². The maximum Gasteiger partial charge on any atom is 0.359 e. The van der Waals surface area contributed by atoms with E-state index in [0.717, 1.165) is 16.8 Å². The first-order chi connectivity index (χ1) is 9.26. The van der Waals surface area contributed by atoms with Crippen LogP contribution < -0.4 is 0 Å². The van der Waals surface area contributed by atoms with E-state index in [2.05, 4.69) is 9.97 Å². The van der Waals surface area contributed by atoms with Crippen molar-refractivity contribution in [2.45, 2.75) is 40.2 Å². The van der Waals surface area contributed by atoms with Gasteiger partial charge in [0.25, 0.3) is 0 Å². The highest BCUT2D eigenvalue weighted by Gasteiger charge is 2.22. The first-order valence-corrected chi connectivity index (χ1v) is 6.63. The molecule has 20 heavy (non-hydrogen) atoms. The van der Waals surface area contributed by atoms with Gasteiger partial charge in [0, 0.05) is 11.3 Å². The van der Waals surface area contributed by atoms with E-state index in [1.165, 1.54) is 0 Å². The number of ether oxygens (including phenoxy) is 1. The zero-order valence-corrected chi connectivity index (χ0v) is 12.6. The Kier molecular flexibility index (Phi) is 3.66. The smallest absolute Gasteiger partial charge is 0.359 e. The number of aromatic nitrogens is 2. The lowest BCUT2D eigenvalue weighted by Gasteiger charge is -2.18. The minimum atomic E-state index is -0.522. The summed E-state index contributed by atoms with van der Waals surface area (Å²) in [5.41, 5.74) is 2.65. The predicted octanol–water partition coefficient (Wildman–Crippen LogP) is 3.65. The summed E-state index contributed by atoms with van der Waals surface area (Å²) in [6, 6.07) is 7.98. The molecule has 1 heterocycles. The molecule has 4 heteroatoms. The second-order valence-corrected chi connectivity index (χ2v) is 5.93. The van der Waals surface area contributed by atoms with Gasteiger partial charge in [-0.3, -0.25) is 0 Å². The molecule has 0 amide bonds. The molecule has 0 fully saturated rings. The van der Waals surface area contributed by atoms with Crippen LogP contribution in [0.15, 0.2) is 24.3 Å². The lowest BCUT2D eigenvalue weighted by atomic mass is 10.1. The lowest BCUT2D eigenvalue weighted by molar-refractivity contribution is 0.00627. The number of carbonyl (C=O) groups excluding carboxylic acids is 1. The monoisotopic (exact) mass is 272 g/mol. The van der Waals surface area contributed by atoms with Crippen molar-refractivity contribution in [3.8, 4) is 11.4 Å². The van der Waals surface area contributed by atoms with Gasteiger partial charge in [-0.2, -0.15) is 0 Å². The number of benzene rings is 1. The molecule has 1 aromatic carbocycles. The number of nitrogens with one attached hydrogen (secondary N) is 1. The van der Waals surface area contributed by atoms with Crippen LogP contribution in [-0.2, 0) is 4.74 Å². The highest BCUT2D eigenvalue weighted by atomic mass is 16.6. The van der Waals surface area contributed by atoms with Crippen molar-refractivity contribution in [3.05, 3.63) is 41.2 Å².